The van der Waals surface area contributed by atoms with E-state index in [4.69, 9.17) is 0 Å². The molecule has 2 aromatic rings. The first kappa shape index (κ1) is 15.0. The van der Waals surface area contributed by atoms with Crippen molar-refractivity contribution in [2.45, 2.75) is 13.5 Å². The van der Waals surface area contributed by atoms with E-state index in [9.17, 15) is 14.0 Å². The zero-order valence-electron chi connectivity index (χ0n) is 12.5. The van der Waals surface area contributed by atoms with Gasteiger partial charge in [0, 0.05) is 0 Å². The zero-order valence-corrected chi connectivity index (χ0v) is 12.5. The Morgan fingerprint density at radius 2 is 1.78 bits per heavy atom. The number of imide groups is 1. The van der Waals surface area contributed by atoms with Gasteiger partial charge in [-0.3, -0.25) is 9.69 Å². The van der Waals surface area contributed by atoms with Crippen LogP contribution >= 0.6 is 0 Å². The van der Waals surface area contributed by atoms with Crippen molar-refractivity contribution >= 4 is 18.0 Å². The van der Waals surface area contributed by atoms with Crippen LogP contribution in [-0.4, -0.2) is 16.8 Å². The van der Waals surface area contributed by atoms with Crippen molar-refractivity contribution in [2.24, 2.45) is 0 Å². The van der Waals surface area contributed by atoms with Crippen LogP contribution in [0.2, 0.25) is 0 Å². The minimum Gasteiger partial charge on any atom is -0.303 e. The molecular weight excluding hydrogens is 295 g/mol. The van der Waals surface area contributed by atoms with Gasteiger partial charge < -0.3 is 5.32 Å². The summed E-state index contributed by atoms with van der Waals surface area (Å²) in [5.41, 5.74) is 2.82. The summed E-state index contributed by atoms with van der Waals surface area (Å²) in [5.74, 6) is -0.742. The standard InChI is InChI=1S/C18H15FN2O2/c1-12-4-2-3-5-14(12)10-16-17(22)21(18(23)20-16)11-13-6-8-15(19)9-7-13/h2-10H,11H2,1H3,(H,20,23)/b16-10+. The summed E-state index contributed by atoms with van der Waals surface area (Å²) in [6.07, 6.45) is 1.67. The maximum absolute atomic E-state index is 12.9. The monoisotopic (exact) mass is 310 g/mol. The third-order valence-corrected chi connectivity index (χ3v) is 3.70. The topological polar surface area (TPSA) is 49.4 Å². The Balaban J connectivity index is 1.82. The molecule has 0 spiro atoms. The number of nitrogens with zero attached hydrogens (tertiary/aromatic N) is 1. The predicted octanol–water partition coefficient (Wildman–Crippen LogP) is 3.23. The van der Waals surface area contributed by atoms with Gasteiger partial charge in [-0.1, -0.05) is 36.4 Å². The highest BCUT2D eigenvalue weighted by Crippen LogP contribution is 2.18. The van der Waals surface area contributed by atoms with Crippen LogP contribution in [0.1, 0.15) is 16.7 Å². The van der Waals surface area contributed by atoms with Crippen LogP contribution in [-0.2, 0) is 11.3 Å². The summed E-state index contributed by atoms with van der Waals surface area (Å²) >= 11 is 0. The summed E-state index contributed by atoms with van der Waals surface area (Å²) in [6.45, 7) is 2.04. The van der Waals surface area contributed by atoms with E-state index in [1.807, 2.05) is 31.2 Å². The average molecular weight is 310 g/mol. The highest BCUT2D eigenvalue weighted by Gasteiger charge is 2.33. The van der Waals surface area contributed by atoms with Crippen LogP contribution in [0.25, 0.3) is 6.08 Å². The van der Waals surface area contributed by atoms with Gasteiger partial charge in [0.05, 0.1) is 6.54 Å². The van der Waals surface area contributed by atoms with Gasteiger partial charge in [-0.05, 0) is 41.8 Å². The minimum absolute atomic E-state index is 0.107. The summed E-state index contributed by atoms with van der Waals surface area (Å²) < 4.78 is 12.9. The number of rotatable bonds is 3. The number of urea groups is 1. The second-order valence-corrected chi connectivity index (χ2v) is 5.36. The second kappa shape index (κ2) is 6.04. The Morgan fingerprint density at radius 1 is 1.09 bits per heavy atom. The van der Waals surface area contributed by atoms with Crippen molar-refractivity contribution in [1.82, 2.24) is 10.2 Å². The smallest absolute Gasteiger partial charge is 0.303 e. The largest absolute Gasteiger partial charge is 0.329 e. The van der Waals surface area contributed by atoms with Crippen LogP contribution < -0.4 is 5.32 Å². The number of nitrogens with one attached hydrogen (secondary N) is 1. The van der Waals surface area contributed by atoms with Gasteiger partial charge in [0.25, 0.3) is 5.91 Å². The molecule has 0 bridgehead atoms. The highest BCUT2D eigenvalue weighted by atomic mass is 19.1. The maximum atomic E-state index is 12.9. The van der Waals surface area contributed by atoms with Gasteiger partial charge in [-0.2, -0.15) is 0 Å². The first-order valence-electron chi connectivity index (χ1n) is 7.19. The lowest BCUT2D eigenvalue weighted by molar-refractivity contribution is -0.123. The number of halogens is 1. The fourth-order valence-electron chi connectivity index (χ4n) is 2.39. The molecule has 23 heavy (non-hydrogen) atoms. The van der Waals surface area contributed by atoms with Crippen molar-refractivity contribution in [3.8, 4) is 0 Å². The molecule has 0 unspecified atom stereocenters. The van der Waals surface area contributed by atoms with Crippen molar-refractivity contribution in [2.75, 3.05) is 0 Å². The SMILES string of the molecule is Cc1ccccc1/C=C1/NC(=O)N(Cc2ccc(F)cc2)C1=O. The zero-order chi connectivity index (χ0) is 16.4. The molecule has 1 N–H and O–H groups in total. The van der Waals surface area contributed by atoms with Gasteiger partial charge >= 0.3 is 6.03 Å². The normalized spacial score (nSPS) is 16.1. The number of amides is 3. The van der Waals surface area contributed by atoms with Crippen LogP contribution in [0.5, 0.6) is 0 Å². The molecule has 1 aliphatic heterocycles. The number of hydrogen-bond acceptors (Lipinski definition) is 2. The molecule has 5 heteroatoms. The van der Waals surface area contributed by atoms with Gasteiger partial charge in [-0.25, -0.2) is 9.18 Å². The fraction of sp³-hybridized carbons (Fsp3) is 0.111. The molecule has 0 aliphatic carbocycles. The number of hydrogen-bond donors (Lipinski definition) is 1. The van der Waals surface area contributed by atoms with Gasteiger partial charge in [0.2, 0.25) is 0 Å². The van der Waals surface area contributed by atoms with Crippen molar-refractivity contribution < 1.29 is 14.0 Å². The lowest BCUT2D eigenvalue weighted by Gasteiger charge is -2.11. The fourth-order valence-corrected chi connectivity index (χ4v) is 2.39. The van der Waals surface area contributed by atoms with Crippen molar-refractivity contribution in [3.63, 3.8) is 0 Å². The molecule has 116 valence electrons. The van der Waals surface area contributed by atoms with Crippen molar-refractivity contribution in [3.05, 3.63) is 76.7 Å². The summed E-state index contributed by atoms with van der Waals surface area (Å²) in [4.78, 5) is 25.5. The van der Waals surface area contributed by atoms with E-state index in [1.54, 1.807) is 18.2 Å². The highest BCUT2D eigenvalue weighted by molar-refractivity contribution is 6.13. The van der Waals surface area contributed by atoms with Crippen LogP contribution in [0.15, 0.2) is 54.2 Å². The van der Waals surface area contributed by atoms with Gasteiger partial charge in [0.1, 0.15) is 11.5 Å². The quantitative estimate of drug-likeness (QED) is 0.699. The first-order valence-corrected chi connectivity index (χ1v) is 7.19. The number of aryl methyl sites for hydroxylation is 1. The van der Waals surface area contributed by atoms with Crippen LogP contribution in [0.3, 0.4) is 0 Å². The molecule has 2 aromatic carbocycles. The van der Waals surface area contributed by atoms with E-state index in [2.05, 4.69) is 5.32 Å². The maximum Gasteiger partial charge on any atom is 0.329 e. The van der Waals surface area contributed by atoms with Gasteiger partial charge in [0.15, 0.2) is 0 Å². The van der Waals surface area contributed by atoms with Crippen LogP contribution in [0, 0.1) is 12.7 Å². The molecule has 1 heterocycles. The second-order valence-electron chi connectivity index (χ2n) is 5.36. The van der Waals surface area contributed by atoms with E-state index in [-0.39, 0.29) is 24.0 Å². The summed E-state index contributed by atoms with van der Waals surface area (Å²) in [5, 5.41) is 2.59. The Kier molecular flexibility index (Phi) is 3.93. The number of carbonyl (C=O) groups excluding carboxylic acids is 2. The number of benzene rings is 2. The lowest BCUT2D eigenvalue weighted by Crippen LogP contribution is -2.30. The molecule has 4 nitrogen and oxygen atoms in total. The third-order valence-electron chi connectivity index (χ3n) is 3.70. The van der Waals surface area contributed by atoms with E-state index in [0.29, 0.717) is 5.56 Å². The van der Waals surface area contributed by atoms with Gasteiger partial charge in [-0.15, -0.1) is 0 Å². The summed E-state index contributed by atoms with van der Waals surface area (Å²) in [7, 11) is 0. The first-order chi connectivity index (χ1) is 11.0. The molecule has 0 radical (unpaired) electrons. The Hall–Kier alpha value is -2.95. The van der Waals surface area contributed by atoms with E-state index in [0.717, 1.165) is 16.0 Å². The predicted molar refractivity (Wildman–Crippen MR) is 84.6 cm³/mol. The Labute approximate surface area is 133 Å². The summed E-state index contributed by atoms with van der Waals surface area (Å²) in [6, 6.07) is 12.8. The average Bonchev–Trinajstić information content (AvgIpc) is 2.79. The molecule has 3 rings (SSSR count). The molecular formula is C18H15FN2O2. The molecule has 1 saturated heterocycles. The molecule has 0 aromatic heterocycles. The molecule has 1 aliphatic rings. The molecule has 0 atom stereocenters. The third kappa shape index (κ3) is 3.13. The lowest BCUT2D eigenvalue weighted by atomic mass is 10.1. The van der Waals surface area contributed by atoms with E-state index < -0.39 is 6.03 Å². The van der Waals surface area contributed by atoms with Crippen LogP contribution in [0.4, 0.5) is 9.18 Å². The molecule has 1 fully saturated rings. The van der Waals surface area contributed by atoms with Crippen molar-refractivity contribution in [1.29, 1.82) is 0 Å². The Morgan fingerprint density at radius 3 is 2.48 bits per heavy atom. The van der Waals surface area contributed by atoms with E-state index >= 15 is 0 Å². The minimum atomic E-state index is -0.473. The Bertz CT molecular complexity index is 797. The molecule has 3 amide bonds. The van der Waals surface area contributed by atoms with E-state index in [1.165, 1.54) is 12.1 Å². The molecule has 0 saturated carbocycles. The number of carbonyl (C=O) groups is 2.